The summed E-state index contributed by atoms with van der Waals surface area (Å²) in [5, 5.41) is 3.59. The van der Waals surface area contributed by atoms with Crippen LogP contribution in [0.5, 0.6) is 0 Å². The molecule has 0 aromatic carbocycles. The maximum Gasteiger partial charge on any atom is 0.193 e. The summed E-state index contributed by atoms with van der Waals surface area (Å²) in [4.78, 5) is 9.31. The summed E-state index contributed by atoms with van der Waals surface area (Å²) in [6.45, 7) is 5.97. The van der Waals surface area contributed by atoms with Crippen LogP contribution < -0.4 is 5.32 Å². The number of piperidine rings is 1. The number of halogens is 1. The van der Waals surface area contributed by atoms with E-state index in [-0.39, 0.29) is 30.0 Å². The van der Waals surface area contributed by atoms with Gasteiger partial charge in [0.1, 0.15) is 5.76 Å². The number of nitrogens with one attached hydrogen (secondary N) is 1. The zero-order chi connectivity index (χ0) is 18.9. The van der Waals surface area contributed by atoms with E-state index in [1.807, 2.05) is 13.1 Å². The molecule has 1 atom stereocenters. The van der Waals surface area contributed by atoms with Gasteiger partial charge in [-0.1, -0.05) is 6.42 Å². The molecule has 1 N–H and O–H groups in total. The van der Waals surface area contributed by atoms with Crippen LogP contribution in [0.1, 0.15) is 50.3 Å². The molecule has 0 saturated carbocycles. The van der Waals surface area contributed by atoms with Crippen LogP contribution in [0.3, 0.4) is 0 Å². The van der Waals surface area contributed by atoms with Gasteiger partial charge >= 0.3 is 0 Å². The fourth-order valence-corrected chi connectivity index (χ4v) is 4.21. The first-order valence-electron chi connectivity index (χ1n) is 10.5. The molecule has 0 aliphatic carbocycles. The maximum absolute atomic E-state index is 5.76. The molecule has 2 saturated heterocycles. The number of nitrogens with zero attached hydrogens (tertiary/aromatic N) is 3. The highest BCUT2D eigenvalue weighted by Gasteiger charge is 2.25. The highest BCUT2D eigenvalue weighted by Crippen LogP contribution is 2.24. The molecule has 0 radical (unpaired) electrons. The molecular formula is C21H37IN4O2. The van der Waals surface area contributed by atoms with Crippen LogP contribution in [0.4, 0.5) is 0 Å². The van der Waals surface area contributed by atoms with E-state index < -0.39 is 0 Å². The Hall–Kier alpha value is -0.800. The van der Waals surface area contributed by atoms with Crippen molar-refractivity contribution < 1.29 is 9.15 Å². The topological polar surface area (TPSA) is 53.2 Å². The van der Waals surface area contributed by atoms with E-state index in [4.69, 9.17) is 9.15 Å². The molecule has 2 fully saturated rings. The number of ether oxygens (including phenoxy) is 1. The lowest BCUT2D eigenvalue weighted by molar-refractivity contribution is 0.0625. The molecule has 160 valence electrons. The first kappa shape index (κ1) is 23.5. The minimum atomic E-state index is 0. The van der Waals surface area contributed by atoms with Crippen LogP contribution in [0.15, 0.2) is 27.8 Å². The summed E-state index contributed by atoms with van der Waals surface area (Å²) >= 11 is 0. The van der Waals surface area contributed by atoms with Gasteiger partial charge in [-0.3, -0.25) is 9.89 Å². The van der Waals surface area contributed by atoms with Crippen LogP contribution in [-0.2, 0) is 4.74 Å². The van der Waals surface area contributed by atoms with Gasteiger partial charge in [0.05, 0.1) is 12.3 Å². The molecule has 3 heterocycles. The molecule has 6 nitrogen and oxygen atoms in total. The smallest absolute Gasteiger partial charge is 0.193 e. The lowest BCUT2D eigenvalue weighted by atomic mass is 9.96. The zero-order valence-electron chi connectivity index (χ0n) is 17.4. The molecule has 1 aromatic rings. The molecule has 1 unspecified atom stereocenters. The summed E-state index contributed by atoms with van der Waals surface area (Å²) in [5.74, 6) is 2.80. The standard InChI is InChI=1S/C21H36N4O2.HI/c1-22-21(24(2)13-8-18-9-15-26-16-10-18)23-17-19(20-7-6-14-27-20)25-11-4-3-5-12-25;/h6-7,14,18-19H,3-5,8-13,15-17H2,1-2H3,(H,22,23);1H. The molecule has 0 amide bonds. The average Bonchev–Trinajstić information content (AvgIpc) is 3.25. The number of guanidine groups is 1. The number of furan rings is 1. The molecule has 2 aliphatic heterocycles. The Labute approximate surface area is 187 Å². The third-order valence-corrected chi connectivity index (χ3v) is 5.94. The first-order chi connectivity index (χ1) is 13.3. The lowest BCUT2D eigenvalue weighted by Gasteiger charge is -2.34. The molecule has 7 heteroatoms. The zero-order valence-corrected chi connectivity index (χ0v) is 19.8. The summed E-state index contributed by atoms with van der Waals surface area (Å²) in [6.07, 6.45) is 9.25. The number of hydrogen-bond acceptors (Lipinski definition) is 4. The third kappa shape index (κ3) is 6.91. The van der Waals surface area contributed by atoms with Crippen LogP contribution in [0, 0.1) is 5.92 Å². The van der Waals surface area contributed by atoms with Crippen molar-refractivity contribution in [2.75, 3.05) is 53.5 Å². The van der Waals surface area contributed by atoms with Gasteiger partial charge in [0.2, 0.25) is 0 Å². The molecule has 0 bridgehead atoms. The Morgan fingerprint density at radius 1 is 1.29 bits per heavy atom. The van der Waals surface area contributed by atoms with Crippen molar-refractivity contribution in [3.63, 3.8) is 0 Å². The highest BCUT2D eigenvalue weighted by molar-refractivity contribution is 14.0. The van der Waals surface area contributed by atoms with Crippen molar-refractivity contribution in [3.8, 4) is 0 Å². The fraction of sp³-hybridized carbons (Fsp3) is 0.762. The van der Waals surface area contributed by atoms with Gasteiger partial charge in [-0.25, -0.2) is 0 Å². The Morgan fingerprint density at radius 2 is 2.04 bits per heavy atom. The molecular weight excluding hydrogens is 467 g/mol. The molecule has 0 spiro atoms. The lowest BCUT2D eigenvalue weighted by Crippen LogP contribution is -2.45. The molecule has 1 aromatic heterocycles. The number of likely N-dealkylation sites (tertiary alicyclic amines) is 1. The van der Waals surface area contributed by atoms with Crippen LogP contribution >= 0.6 is 24.0 Å². The van der Waals surface area contributed by atoms with Crippen molar-refractivity contribution in [2.24, 2.45) is 10.9 Å². The van der Waals surface area contributed by atoms with Crippen molar-refractivity contribution in [1.29, 1.82) is 0 Å². The first-order valence-corrected chi connectivity index (χ1v) is 10.5. The van der Waals surface area contributed by atoms with Crippen LogP contribution in [-0.4, -0.2) is 69.2 Å². The molecule has 3 rings (SSSR count). The van der Waals surface area contributed by atoms with Gasteiger partial charge in [0, 0.05) is 40.4 Å². The Balaban J connectivity index is 0.00000280. The van der Waals surface area contributed by atoms with Crippen molar-refractivity contribution >= 4 is 29.9 Å². The van der Waals surface area contributed by atoms with E-state index in [1.54, 1.807) is 6.26 Å². The maximum atomic E-state index is 5.76. The van der Waals surface area contributed by atoms with Gasteiger partial charge < -0.3 is 19.4 Å². The van der Waals surface area contributed by atoms with Crippen molar-refractivity contribution in [3.05, 3.63) is 24.2 Å². The normalized spacial score (nSPS) is 20.4. The fourth-order valence-electron chi connectivity index (χ4n) is 4.21. The Kier molecular flexibility index (Phi) is 10.6. The van der Waals surface area contributed by atoms with Crippen molar-refractivity contribution in [1.82, 2.24) is 15.1 Å². The molecule has 2 aliphatic rings. The quantitative estimate of drug-likeness (QED) is 0.348. The van der Waals surface area contributed by atoms with Crippen molar-refractivity contribution in [2.45, 2.75) is 44.6 Å². The van der Waals surface area contributed by atoms with E-state index in [1.165, 1.54) is 38.5 Å². The Bertz CT molecular complexity index is 555. The number of hydrogen-bond donors (Lipinski definition) is 1. The summed E-state index contributed by atoms with van der Waals surface area (Å²) in [7, 11) is 4.01. The van der Waals surface area contributed by atoms with Gasteiger partial charge in [-0.15, -0.1) is 24.0 Å². The van der Waals surface area contributed by atoms with E-state index in [9.17, 15) is 0 Å². The summed E-state index contributed by atoms with van der Waals surface area (Å²) in [6, 6.07) is 4.35. The number of rotatable bonds is 7. The second-order valence-corrected chi connectivity index (χ2v) is 7.82. The SMILES string of the molecule is CN=C(NCC(c1ccco1)N1CCCCC1)N(C)CCC1CCOCC1.I. The monoisotopic (exact) mass is 504 g/mol. The van der Waals surface area contributed by atoms with Gasteiger partial charge in [0.15, 0.2) is 5.96 Å². The highest BCUT2D eigenvalue weighted by atomic mass is 127. The van der Waals surface area contributed by atoms with Gasteiger partial charge in [-0.2, -0.15) is 0 Å². The minimum Gasteiger partial charge on any atom is -0.468 e. The summed E-state index contributed by atoms with van der Waals surface area (Å²) in [5.41, 5.74) is 0. The minimum absolute atomic E-state index is 0. The van der Waals surface area contributed by atoms with Crippen LogP contribution in [0.2, 0.25) is 0 Å². The summed E-state index contributed by atoms with van der Waals surface area (Å²) < 4.78 is 11.2. The second-order valence-electron chi connectivity index (χ2n) is 7.82. The third-order valence-electron chi connectivity index (χ3n) is 5.94. The predicted octanol–water partition coefficient (Wildman–Crippen LogP) is 3.75. The van der Waals surface area contributed by atoms with Gasteiger partial charge in [0.25, 0.3) is 0 Å². The van der Waals surface area contributed by atoms with Crippen LogP contribution in [0.25, 0.3) is 0 Å². The van der Waals surface area contributed by atoms with Gasteiger partial charge in [-0.05, 0) is 63.2 Å². The van der Waals surface area contributed by atoms with E-state index in [0.717, 1.165) is 57.0 Å². The largest absolute Gasteiger partial charge is 0.468 e. The Morgan fingerprint density at radius 3 is 2.68 bits per heavy atom. The van der Waals surface area contributed by atoms with E-state index in [0.29, 0.717) is 0 Å². The predicted molar refractivity (Wildman–Crippen MR) is 124 cm³/mol. The second kappa shape index (κ2) is 12.7. The number of aliphatic imine (C=N–C) groups is 1. The van der Waals surface area contributed by atoms with E-state index in [2.05, 4.69) is 33.2 Å². The average molecular weight is 504 g/mol. The van der Waals surface area contributed by atoms with E-state index >= 15 is 0 Å². The molecule has 28 heavy (non-hydrogen) atoms.